The molecule has 0 spiro atoms. The van der Waals surface area contributed by atoms with Gasteiger partial charge in [-0.3, -0.25) is 9.59 Å². The molecule has 0 amide bonds. The summed E-state index contributed by atoms with van der Waals surface area (Å²) in [5, 5.41) is 21.0. The van der Waals surface area contributed by atoms with E-state index in [1.807, 2.05) is 32.9 Å². The van der Waals surface area contributed by atoms with Crippen LogP contribution in [-0.4, -0.2) is 33.9 Å². The summed E-state index contributed by atoms with van der Waals surface area (Å²) in [6, 6.07) is 9.34. The van der Waals surface area contributed by atoms with Crippen molar-refractivity contribution in [1.82, 2.24) is 0 Å². The van der Waals surface area contributed by atoms with Crippen LogP contribution in [0.1, 0.15) is 57.1 Å². The zero-order chi connectivity index (χ0) is 23.9. The lowest BCUT2D eigenvalue weighted by molar-refractivity contribution is 0.0339. The number of phenolic OH excluding ortho intramolecular Hbond substituents is 2. The maximum absolute atomic E-state index is 13.2. The van der Waals surface area contributed by atoms with Crippen LogP contribution >= 0.6 is 0 Å². The van der Waals surface area contributed by atoms with Crippen molar-refractivity contribution in [2.24, 2.45) is 0 Å². The Morgan fingerprint density at radius 3 is 2.45 bits per heavy atom. The number of ether oxygens (including phenoxy) is 1. The van der Waals surface area contributed by atoms with E-state index in [0.717, 1.165) is 34.7 Å². The molecule has 33 heavy (non-hydrogen) atoms. The van der Waals surface area contributed by atoms with Crippen molar-refractivity contribution >= 4 is 28.5 Å². The summed E-state index contributed by atoms with van der Waals surface area (Å²) in [4.78, 5) is 38.8. The number of hydrogen-bond acceptors (Lipinski definition) is 7. The lowest BCUT2D eigenvalue weighted by atomic mass is 9.85. The molecule has 2 aromatic carbocycles. The average Bonchev–Trinajstić information content (AvgIpc) is 3.18. The number of aryl methyl sites for hydroxylation is 1. The summed E-state index contributed by atoms with van der Waals surface area (Å²) in [6.07, 6.45) is 1.85. The zero-order valence-electron chi connectivity index (χ0n) is 18.3. The average molecular weight is 446 g/mol. The van der Waals surface area contributed by atoms with Crippen LogP contribution in [0, 0.1) is 6.92 Å². The molecule has 0 unspecified atom stereocenters. The van der Waals surface area contributed by atoms with Gasteiger partial charge in [-0.25, -0.2) is 4.79 Å². The number of hydrogen-bond donors (Lipinski definition) is 2. The van der Waals surface area contributed by atoms with Gasteiger partial charge in [-0.15, -0.1) is 0 Å². The molecule has 1 aromatic heterocycles. The fourth-order valence-corrected chi connectivity index (χ4v) is 3.73. The topological polar surface area (TPSA) is 114 Å². The lowest BCUT2D eigenvalue weighted by Crippen LogP contribution is -2.29. The number of phenols is 2. The highest BCUT2D eigenvalue weighted by Crippen LogP contribution is 2.36. The SMILES string of the molecule is CC(C)=CC[C@@H](OC(=O)c1cc2ccc(C)cc2o1)C1=CC(=O)c2c(O)ccc(O)c2C1=O. The van der Waals surface area contributed by atoms with Crippen LogP contribution < -0.4 is 0 Å². The molecule has 0 radical (unpaired) electrons. The molecule has 1 aliphatic rings. The molecule has 0 fully saturated rings. The first kappa shape index (κ1) is 22.1. The van der Waals surface area contributed by atoms with Gasteiger partial charge in [-0.05, 0) is 56.7 Å². The quantitative estimate of drug-likeness (QED) is 0.321. The standard InChI is InChI=1S/C26H22O7/c1-13(2)4-9-20(33-26(31)22-11-15-6-5-14(3)10-21(15)32-22)16-12-19(29)23-17(27)7-8-18(28)24(23)25(16)30/h4-8,10-12,20,27-28H,9H2,1-3H3/t20-/m1/s1. The number of furan rings is 1. The number of fused-ring (bicyclic) bond motifs is 2. The number of esters is 1. The lowest BCUT2D eigenvalue weighted by Gasteiger charge is -2.23. The molecule has 7 nitrogen and oxygen atoms in total. The zero-order valence-corrected chi connectivity index (χ0v) is 18.3. The van der Waals surface area contributed by atoms with Crippen molar-refractivity contribution in [3.63, 3.8) is 0 Å². The van der Waals surface area contributed by atoms with Crippen LogP contribution in [0.4, 0.5) is 0 Å². The maximum Gasteiger partial charge on any atom is 0.374 e. The van der Waals surface area contributed by atoms with Gasteiger partial charge < -0.3 is 19.4 Å². The minimum atomic E-state index is -1.10. The number of allylic oxidation sites excluding steroid dienone is 2. The van der Waals surface area contributed by atoms with Crippen molar-refractivity contribution in [3.05, 3.63) is 82.1 Å². The second-order valence-electron chi connectivity index (χ2n) is 8.21. The number of benzene rings is 2. The molecule has 0 aliphatic heterocycles. The van der Waals surface area contributed by atoms with Gasteiger partial charge in [0, 0.05) is 17.4 Å². The Hall–Kier alpha value is -4.13. The monoisotopic (exact) mass is 446 g/mol. The molecule has 0 saturated heterocycles. The summed E-state index contributed by atoms with van der Waals surface area (Å²) >= 11 is 0. The van der Waals surface area contributed by atoms with E-state index >= 15 is 0 Å². The van der Waals surface area contributed by atoms with Crippen molar-refractivity contribution in [2.75, 3.05) is 0 Å². The van der Waals surface area contributed by atoms with Crippen LogP contribution in [0.25, 0.3) is 11.0 Å². The highest BCUT2D eigenvalue weighted by molar-refractivity contribution is 6.27. The first-order valence-electron chi connectivity index (χ1n) is 10.4. The Kier molecular flexibility index (Phi) is 5.64. The summed E-state index contributed by atoms with van der Waals surface area (Å²) in [5.41, 5.74) is 1.74. The third-order valence-electron chi connectivity index (χ3n) is 5.40. The Balaban J connectivity index is 1.71. The summed E-state index contributed by atoms with van der Waals surface area (Å²) < 4.78 is 11.3. The molecule has 1 heterocycles. The molecule has 1 aliphatic carbocycles. The van der Waals surface area contributed by atoms with Crippen molar-refractivity contribution < 1.29 is 33.8 Å². The van der Waals surface area contributed by atoms with Gasteiger partial charge >= 0.3 is 5.97 Å². The minimum absolute atomic E-state index is 0.0334. The summed E-state index contributed by atoms with van der Waals surface area (Å²) in [5.74, 6) is -3.03. The van der Waals surface area contributed by atoms with E-state index in [9.17, 15) is 24.6 Å². The van der Waals surface area contributed by atoms with E-state index in [1.165, 1.54) is 0 Å². The van der Waals surface area contributed by atoms with E-state index in [2.05, 4.69) is 0 Å². The van der Waals surface area contributed by atoms with Gasteiger partial charge in [0.1, 0.15) is 23.2 Å². The molecule has 4 rings (SSSR count). The maximum atomic E-state index is 13.2. The Bertz CT molecular complexity index is 1370. The number of Topliss-reactive ketones (excluding diaryl/α,β-unsaturated/α-hetero) is 1. The third kappa shape index (κ3) is 4.17. The van der Waals surface area contributed by atoms with E-state index in [-0.39, 0.29) is 28.9 Å². The van der Waals surface area contributed by atoms with Crippen molar-refractivity contribution in [2.45, 2.75) is 33.3 Å². The second-order valence-corrected chi connectivity index (χ2v) is 8.21. The van der Waals surface area contributed by atoms with Gasteiger partial charge in [-0.1, -0.05) is 23.8 Å². The number of ketones is 2. The molecular weight excluding hydrogens is 424 g/mol. The van der Waals surface area contributed by atoms with E-state index in [0.29, 0.717) is 5.58 Å². The fourth-order valence-electron chi connectivity index (χ4n) is 3.73. The van der Waals surface area contributed by atoms with Gasteiger partial charge in [0.25, 0.3) is 0 Å². The highest BCUT2D eigenvalue weighted by atomic mass is 16.6. The largest absolute Gasteiger partial charge is 0.507 e. The highest BCUT2D eigenvalue weighted by Gasteiger charge is 2.36. The van der Waals surface area contributed by atoms with Gasteiger partial charge in [0.2, 0.25) is 5.76 Å². The Morgan fingerprint density at radius 2 is 1.76 bits per heavy atom. The molecule has 2 N–H and O–H groups in total. The molecule has 168 valence electrons. The summed E-state index contributed by atoms with van der Waals surface area (Å²) in [7, 11) is 0. The van der Waals surface area contributed by atoms with Crippen molar-refractivity contribution in [1.29, 1.82) is 0 Å². The predicted molar refractivity (Wildman–Crippen MR) is 121 cm³/mol. The number of rotatable bonds is 5. The van der Waals surface area contributed by atoms with Crippen LogP contribution in [0.3, 0.4) is 0 Å². The van der Waals surface area contributed by atoms with Gasteiger partial charge in [0.05, 0.1) is 11.1 Å². The van der Waals surface area contributed by atoms with Crippen LogP contribution in [0.5, 0.6) is 11.5 Å². The number of aromatic hydroxyl groups is 2. The van der Waals surface area contributed by atoms with Gasteiger partial charge in [0.15, 0.2) is 11.6 Å². The third-order valence-corrected chi connectivity index (χ3v) is 5.40. The fraction of sp³-hybridized carbons (Fsp3) is 0.192. The number of carbonyl (C=O) groups excluding carboxylic acids is 3. The summed E-state index contributed by atoms with van der Waals surface area (Å²) in [6.45, 7) is 5.60. The predicted octanol–water partition coefficient (Wildman–Crippen LogP) is 5.04. The Morgan fingerprint density at radius 1 is 1.06 bits per heavy atom. The molecule has 1 atom stereocenters. The first-order chi connectivity index (χ1) is 15.7. The Labute approximate surface area is 189 Å². The molecular formula is C26H22O7. The molecule has 0 saturated carbocycles. The molecule has 7 heteroatoms. The second kappa shape index (κ2) is 8.43. The smallest absolute Gasteiger partial charge is 0.374 e. The van der Waals surface area contributed by atoms with Crippen molar-refractivity contribution in [3.8, 4) is 11.5 Å². The van der Waals surface area contributed by atoms with Crippen LogP contribution in [0.15, 0.2) is 64.1 Å². The van der Waals surface area contributed by atoms with E-state index in [4.69, 9.17) is 9.15 Å². The van der Waals surface area contributed by atoms with E-state index < -0.39 is 35.1 Å². The van der Waals surface area contributed by atoms with E-state index in [1.54, 1.807) is 18.2 Å². The minimum Gasteiger partial charge on any atom is -0.507 e. The molecule has 0 bridgehead atoms. The molecule has 3 aromatic rings. The van der Waals surface area contributed by atoms with Gasteiger partial charge in [-0.2, -0.15) is 0 Å². The normalized spacial score (nSPS) is 14.0. The first-order valence-corrected chi connectivity index (χ1v) is 10.4. The van der Waals surface area contributed by atoms with Crippen LogP contribution in [0.2, 0.25) is 0 Å². The number of carbonyl (C=O) groups is 3. The van der Waals surface area contributed by atoms with Crippen LogP contribution in [-0.2, 0) is 4.74 Å².